The summed E-state index contributed by atoms with van der Waals surface area (Å²) in [5.74, 6) is 0. The molecule has 0 saturated carbocycles. The fourth-order valence-corrected chi connectivity index (χ4v) is 4.65. The Hall–Kier alpha value is 0.761. The Balaban J connectivity index is 0.00000128. The monoisotopic (exact) mass is 339 g/mol. The summed E-state index contributed by atoms with van der Waals surface area (Å²) in [5, 5.41) is 1.42. The molecule has 0 bridgehead atoms. The van der Waals surface area contributed by atoms with Crippen molar-refractivity contribution in [3.05, 3.63) is 44.5 Å². The van der Waals surface area contributed by atoms with Crippen LogP contribution < -0.4 is 24.8 Å². The van der Waals surface area contributed by atoms with E-state index in [1.165, 1.54) is 20.2 Å². The Bertz CT molecular complexity index is 414. The molecule has 0 N–H and O–H groups in total. The van der Waals surface area contributed by atoms with Gasteiger partial charge in [-0.05, 0) is 0 Å². The van der Waals surface area contributed by atoms with Gasteiger partial charge in [-0.3, -0.25) is 0 Å². The van der Waals surface area contributed by atoms with Gasteiger partial charge in [-0.15, -0.1) is 0 Å². The predicted molar refractivity (Wildman–Crippen MR) is 64.9 cm³/mol. The molecule has 0 heterocycles. The first-order valence-corrected chi connectivity index (χ1v) is 10.00. The molecular formula is C12H14Cl3SiTi. The van der Waals surface area contributed by atoms with Crippen LogP contribution in [0, 0.1) is 0 Å². The van der Waals surface area contributed by atoms with Crippen molar-refractivity contribution in [3.8, 4) is 0 Å². The van der Waals surface area contributed by atoms with E-state index in [9.17, 15) is 0 Å². The van der Waals surface area contributed by atoms with E-state index in [-0.39, 0.29) is 24.8 Å². The fraction of sp³-hybridized carbons (Fsp3) is 0.333. The first-order valence-electron chi connectivity index (χ1n) is 5.21. The van der Waals surface area contributed by atoms with Crippen molar-refractivity contribution in [1.29, 1.82) is 0 Å². The van der Waals surface area contributed by atoms with E-state index < -0.39 is 7.38 Å². The molecule has 17 heavy (non-hydrogen) atoms. The van der Waals surface area contributed by atoms with Crippen molar-refractivity contribution < 1.29 is 45.2 Å². The quantitative estimate of drug-likeness (QED) is 0.403. The van der Waals surface area contributed by atoms with Crippen molar-refractivity contribution in [2.24, 2.45) is 0 Å². The van der Waals surface area contributed by atoms with Crippen LogP contribution in [0.25, 0.3) is 0 Å². The maximum Gasteiger partial charge on any atom is -1.00 e. The first kappa shape index (κ1) is 17.8. The van der Waals surface area contributed by atoms with Gasteiger partial charge in [-0.1, -0.05) is 0 Å². The third-order valence-electron chi connectivity index (χ3n) is 2.83. The molecule has 0 aromatic rings. The number of hydrogen-bond acceptors (Lipinski definition) is 0. The Kier molecular flexibility index (Phi) is 7.10. The number of halogens is 3. The minimum Gasteiger partial charge on any atom is -1.00 e. The topological polar surface area (TPSA) is 0 Å². The SMILES string of the molecule is C[Si](C)(Cl)C1=C(C2=[C]([Ti+2])CC=C2)CC=C1.[Cl-].[Cl-]. The largest absolute Gasteiger partial charge is 1.00 e. The summed E-state index contributed by atoms with van der Waals surface area (Å²) in [6.45, 7) is 4.40. The molecule has 0 unspecified atom stereocenters. The van der Waals surface area contributed by atoms with E-state index in [4.69, 9.17) is 11.1 Å². The molecular weight excluding hydrogens is 326 g/mol. The second kappa shape index (κ2) is 6.79. The van der Waals surface area contributed by atoms with Crippen LogP contribution in [0.5, 0.6) is 0 Å². The van der Waals surface area contributed by atoms with Gasteiger partial charge >= 0.3 is 109 Å². The van der Waals surface area contributed by atoms with Crippen molar-refractivity contribution in [2.45, 2.75) is 25.9 Å². The molecule has 0 spiro atoms. The average Bonchev–Trinajstić information content (AvgIpc) is 2.69. The predicted octanol–water partition coefficient (Wildman–Crippen LogP) is -2.01. The van der Waals surface area contributed by atoms with Gasteiger partial charge in [0.25, 0.3) is 0 Å². The molecule has 0 aromatic heterocycles. The third-order valence-corrected chi connectivity index (χ3v) is 5.93. The maximum absolute atomic E-state index is 6.54. The van der Waals surface area contributed by atoms with Gasteiger partial charge in [-0.2, -0.15) is 0 Å². The molecule has 2 aliphatic rings. The van der Waals surface area contributed by atoms with Gasteiger partial charge in [0.2, 0.25) is 0 Å². The van der Waals surface area contributed by atoms with Gasteiger partial charge in [0.1, 0.15) is 0 Å². The van der Waals surface area contributed by atoms with Crippen LogP contribution in [0.1, 0.15) is 12.8 Å². The summed E-state index contributed by atoms with van der Waals surface area (Å²) in [7, 11) is -1.69. The van der Waals surface area contributed by atoms with Gasteiger partial charge in [0.05, 0.1) is 0 Å². The van der Waals surface area contributed by atoms with Gasteiger partial charge in [-0.25, -0.2) is 0 Å². The molecule has 2 aliphatic carbocycles. The smallest absolute Gasteiger partial charge is 1.00 e. The summed E-state index contributed by atoms with van der Waals surface area (Å²) >= 11 is 8.77. The summed E-state index contributed by atoms with van der Waals surface area (Å²) in [6.07, 6.45) is 11.2. The zero-order valence-corrected chi connectivity index (χ0v) is 14.7. The second-order valence-corrected chi connectivity index (χ2v) is 11.7. The normalized spacial score (nSPS) is 18.6. The van der Waals surface area contributed by atoms with Crippen molar-refractivity contribution >= 4 is 18.5 Å². The molecule has 0 atom stereocenters. The molecule has 0 radical (unpaired) electrons. The molecule has 5 heteroatoms. The molecule has 0 fully saturated rings. The zero-order chi connectivity index (χ0) is 11.1. The Labute approximate surface area is 133 Å². The minimum absolute atomic E-state index is 0. The van der Waals surface area contributed by atoms with Gasteiger partial charge < -0.3 is 24.8 Å². The van der Waals surface area contributed by atoms with E-state index in [1.54, 1.807) is 0 Å². The molecule has 0 aromatic carbocycles. The van der Waals surface area contributed by atoms with Crippen molar-refractivity contribution in [1.82, 2.24) is 0 Å². The van der Waals surface area contributed by atoms with Crippen molar-refractivity contribution in [3.63, 3.8) is 0 Å². The zero-order valence-electron chi connectivity index (χ0n) is 9.86. The summed E-state index contributed by atoms with van der Waals surface area (Å²) in [6, 6.07) is 0. The second-order valence-electron chi connectivity index (χ2n) is 4.47. The van der Waals surface area contributed by atoms with Gasteiger partial charge in [0, 0.05) is 0 Å². The molecule has 0 saturated heterocycles. The number of hydrogen-bond donors (Lipinski definition) is 0. The molecule has 0 nitrogen and oxygen atoms in total. The van der Waals surface area contributed by atoms with E-state index in [0.29, 0.717) is 0 Å². The van der Waals surface area contributed by atoms with Crippen LogP contribution in [0.2, 0.25) is 13.1 Å². The van der Waals surface area contributed by atoms with Crippen molar-refractivity contribution in [2.75, 3.05) is 0 Å². The van der Waals surface area contributed by atoms with E-state index in [0.717, 1.165) is 12.8 Å². The van der Waals surface area contributed by atoms with Crippen LogP contribution in [0.3, 0.4) is 0 Å². The third kappa shape index (κ3) is 3.86. The molecule has 0 amide bonds. The van der Waals surface area contributed by atoms with Crippen LogP contribution in [-0.4, -0.2) is 7.38 Å². The van der Waals surface area contributed by atoms with E-state index >= 15 is 0 Å². The Morgan fingerprint density at radius 2 is 1.71 bits per heavy atom. The fourth-order valence-electron chi connectivity index (χ4n) is 2.11. The van der Waals surface area contributed by atoms with Crippen LogP contribution in [-0.2, 0) is 20.4 Å². The van der Waals surface area contributed by atoms with E-state index in [1.807, 2.05) is 0 Å². The Morgan fingerprint density at radius 1 is 1.12 bits per heavy atom. The average molecular weight is 341 g/mol. The van der Waals surface area contributed by atoms with Crippen LogP contribution >= 0.6 is 11.1 Å². The molecule has 0 aliphatic heterocycles. The van der Waals surface area contributed by atoms with Crippen LogP contribution in [0.4, 0.5) is 0 Å². The number of allylic oxidation sites excluding steroid dienone is 8. The Morgan fingerprint density at radius 3 is 2.18 bits per heavy atom. The standard InChI is InChI=1S/C12H14ClSi.2ClH.Ti/c1-14(2,13)12-9-5-8-11(12)10-6-3-4-7-10;;;/h3,5-6,9H,4,8H2,1-2H3;2*1H;/q;;;+2/p-2. The molecule has 2 rings (SSSR count). The number of rotatable bonds is 2. The molecule has 91 valence electrons. The van der Waals surface area contributed by atoms with Crippen LogP contribution in [0.15, 0.2) is 44.5 Å². The van der Waals surface area contributed by atoms with Gasteiger partial charge in [0.15, 0.2) is 0 Å². The minimum atomic E-state index is -1.69. The summed E-state index contributed by atoms with van der Waals surface area (Å²) in [4.78, 5) is 0. The first-order chi connectivity index (χ1) is 7.00. The van der Waals surface area contributed by atoms with E-state index in [2.05, 4.69) is 57.8 Å². The summed E-state index contributed by atoms with van der Waals surface area (Å²) in [5.41, 5.74) is 2.92. The summed E-state index contributed by atoms with van der Waals surface area (Å²) < 4.78 is 1.49. The maximum atomic E-state index is 6.54.